The van der Waals surface area contributed by atoms with Gasteiger partial charge in [-0.25, -0.2) is 9.59 Å². The Morgan fingerprint density at radius 3 is 2.81 bits per heavy atom. The summed E-state index contributed by atoms with van der Waals surface area (Å²) in [5.74, 6) is -1.44. The first-order chi connectivity index (χ1) is 7.50. The van der Waals surface area contributed by atoms with Gasteiger partial charge in [-0.2, -0.15) is 0 Å². The molecule has 0 aromatic heterocycles. The Labute approximate surface area is 94.2 Å². The maximum Gasteiger partial charge on any atom is 0.404 e. The first-order valence-electron chi connectivity index (χ1n) is 4.38. The lowest BCUT2D eigenvalue weighted by atomic mass is 10.1. The highest BCUT2D eigenvalue weighted by Crippen LogP contribution is 2.45. The monoisotopic (exact) mass is 244 g/mol. The van der Waals surface area contributed by atoms with Crippen LogP contribution in [0, 0.1) is 0 Å². The number of carbonyl (C=O) groups excluding carboxylic acids is 2. The van der Waals surface area contributed by atoms with Crippen LogP contribution in [0.25, 0.3) is 0 Å². The minimum absolute atomic E-state index is 0.104. The molecule has 1 saturated heterocycles. The van der Waals surface area contributed by atoms with E-state index in [1.54, 1.807) is 0 Å². The van der Waals surface area contributed by atoms with Gasteiger partial charge in [-0.15, -0.1) is 0 Å². The molecule has 0 aliphatic carbocycles. The molecule has 16 heavy (non-hydrogen) atoms. The summed E-state index contributed by atoms with van der Waals surface area (Å²) in [7, 11) is 0. The minimum atomic E-state index is -1.20. The number of primary amides is 1. The molecule has 7 nitrogen and oxygen atoms in total. The highest BCUT2D eigenvalue weighted by atomic mass is 32.2. The van der Waals surface area contributed by atoms with Crippen molar-refractivity contribution in [2.75, 3.05) is 6.61 Å². The summed E-state index contributed by atoms with van der Waals surface area (Å²) in [6.07, 6.45) is -0.667. The smallest absolute Gasteiger partial charge is 0.404 e. The van der Waals surface area contributed by atoms with Gasteiger partial charge >= 0.3 is 12.1 Å². The van der Waals surface area contributed by atoms with Gasteiger partial charge in [-0.3, -0.25) is 9.69 Å². The van der Waals surface area contributed by atoms with Crippen molar-refractivity contribution >= 4 is 29.7 Å². The van der Waals surface area contributed by atoms with Crippen LogP contribution in [0.3, 0.4) is 0 Å². The SMILES string of the molecule is NC(=O)OCC1=C(C(=O)O)N2C(=O)C[C@H]2S1. The largest absolute Gasteiger partial charge is 0.477 e. The van der Waals surface area contributed by atoms with Crippen molar-refractivity contribution in [1.82, 2.24) is 4.90 Å². The Hall–Kier alpha value is -1.70. The molecular weight excluding hydrogens is 236 g/mol. The molecule has 0 unspecified atom stereocenters. The summed E-state index contributed by atoms with van der Waals surface area (Å²) in [6, 6.07) is 0. The standard InChI is InChI=1S/C8H8N2O5S/c9-8(14)15-2-3-6(7(12)13)10-4(11)1-5(10)16-3/h5H,1-2H2,(H2,9,14)(H,12,13)/t5-/m1/s1. The van der Waals surface area contributed by atoms with Gasteiger partial charge in [0.25, 0.3) is 0 Å². The molecule has 0 radical (unpaired) electrons. The second kappa shape index (κ2) is 3.71. The number of carboxylic acid groups (broad SMARTS) is 1. The lowest BCUT2D eigenvalue weighted by Gasteiger charge is -2.33. The summed E-state index contributed by atoms with van der Waals surface area (Å²) in [5.41, 5.74) is 4.68. The zero-order chi connectivity index (χ0) is 11.9. The molecule has 2 aliphatic rings. The second-order valence-electron chi connectivity index (χ2n) is 3.23. The number of carboxylic acids is 1. The highest BCUT2D eigenvalue weighted by molar-refractivity contribution is 8.04. The first kappa shape index (κ1) is 10.8. The molecule has 0 saturated carbocycles. The van der Waals surface area contributed by atoms with E-state index in [0.29, 0.717) is 11.3 Å². The van der Waals surface area contributed by atoms with Crippen LogP contribution in [0.5, 0.6) is 0 Å². The summed E-state index contributed by atoms with van der Waals surface area (Å²) >= 11 is 1.21. The Balaban J connectivity index is 2.18. The average molecular weight is 244 g/mol. The molecule has 2 aliphatic heterocycles. The number of hydrogen-bond acceptors (Lipinski definition) is 5. The Bertz CT molecular complexity index is 419. The third kappa shape index (κ3) is 1.60. The number of hydrogen-bond donors (Lipinski definition) is 2. The Morgan fingerprint density at radius 1 is 1.62 bits per heavy atom. The van der Waals surface area contributed by atoms with Crippen molar-refractivity contribution < 1.29 is 24.2 Å². The number of rotatable bonds is 3. The predicted octanol–water partition coefficient (Wildman–Crippen LogP) is -0.317. The van der Waals surface area contributed by atoms with E-state index in [4.69, 9.17) is 10.8 Å². The molecule has 0 aromatic carbocycles. The van der Waals surface area contributed by atoms with Crippen LogP contribution in [0.1, 0.15) is 6.42 Å². The number of fused-ring (bicyclic) bond motifs is 1. The fourth-order valence-corrected chi connectivity index (χ4v) is 2.87. The van der Waals surface area contributed by atoms with Gasteiger partial charge in [0.15, 0.2) is 0 Å². The molecular formula is C8H8N2O5S. The third-order valence-electron chi connectivity index (χ3n) is 2.24. The summed E-state index contributed by atoms with van der Waals surface area (Å²) < 4.78 is 4.52. The van der Waals surface area contributed by atoms with Gasteiger partial charge in [0.05, 0.1) is 16.7 Å². The van der Waals surface area contributed by atoms with Gasteiger partial charge < -0.3 is 15.6 Å². The molecule has 0 aromatic rings. The Morgan fingerprint density at radius 2 is 2.31 bits per heavy atom. The summed E-state index contributed by atoms with van der Waals surface area (Å²) in [4.78, 5) is 34.1. The van der Waals surface area contributed by atoms with E-state index in [9.17, 15) is 14.4 Å². The van der Waals surface area contributed by atoms with Crippen molar-refractivity contribution in [3.05, 3.63) is 10.6 Å². The van der Waals surface area contributed by atoms with Crippen LogP contribution < -0.4 is 5.73 Å². The molecule has 2 amide bonds. The van der Waals surface area contributed by atoms with Crippen molar-refractivity contribution in [2.45, 2.75) is 11.8 Å². The van der Waals surface area contributed by atoms with E-state index in [0.717, 1.165) is 0 Å². The number of thioether (sulfide) groups is 1. The number of β-lactam (4-membered cyclic amide) rings is 1. The fraction of sp³-hybridized carbons (Fsp3) is 0.375. The van der Waals surface area contributed by atoms with Crippen LogP contribution >= 0.6 is 11.8 Å². The minimum Gasteiger partial charge on any atom is -0.477 e. The van der Waals surface area contributed by atoms with E-state index in [1.165, 1.54) is 16.7 Å². The molecule has 86 valence electrons. The van der Waals surface area contributed by atoms with Gasteiger partial charge in [0.2, 0.25) is 5.91 Å². The number of amides is 2. The van der Waals surface area contributed by atoms with Crippen molar-refractivity contribution in [1.29, 1.82) is 0 Å². The van der Waals surface area contributed by atoms with Crippen molar-refractivity contribution in [2.24, 2.45) is 5.73 Å². The number of nitrogens with zero attached hydrogens (tertiary/aromatic N) is 1. The molecule has 2 rings (SSSR count). The molecule has 1 atom stereocenters. The summed E-state index contributed by atoms with van der Waals surface area (Å²) in [6.45, 7) is -0.206. The molecule has 2 heterocycles. The summed E-state index contributed by atoms with van der Waals surface area (Å²) in [5, 5.41) is 8.78. The van der Waals surface area contributed by atoms with Crippen LogP contribution in [-0.4, -0.2) is 40.0 Å². The molecule has 3 N–H and O–H groups in total. The number of aliphatic carboxylic acids is 1. The third-order valence-corrected chi connectivity index (χ3v) is 3.48. The van der Waals surface area contributed by atoms with E-state index in [2.05, 4.69) is 4.74 Å². The Kier molecular flexibility index (Phi) is 2.50. The van der Waals surface area contributed by atoms with E-state index >= 15 is 0 Å². The maximum absolute atomic E-state index is 11.2. The topological polar surface area (TPSA) is 110 Å². The van der Waals surface area contributed by atoms with E-state index in [-0.39, 0.29) is 23.6 Å². The van der Waals surface area contributed by atoms with Gasteiger partial charge in [0, 0.05) is 0 Å². The maximum atomic E-state index is 11.2. The zero-order valence-corrected chi connectivity index (χ0v) is 8.82. The highest BCUT2D eigenvalue weighted by Gasteiger charge is 2.48. The van der Waals surface area contributed by atoms with Gasteiger partial charge in [-0.1, -0.05) is 11.8 Å². The van der Waals surface area contributed by atoms with Crippen LogP contribution in [0.2, 0.25) is 0 Å². The normalized spacial score (nSPS) is 22.9. The second-order valence-corrected chi connectivity index (χ2v) is 4.50. The number of nitrogens with two attached hydrogens (primary N) is 1. The lowest BCUT2D eigenvalue weighted by molar-refractivity contribution is -0.145. The quantitative estimate of drug-likeness (QED) is 0.658. The van der Waals surface area contributed by atoms with Crippen LogP contribution in [0.15, 0.2) is 10.6 Å². The van der Waals surface area contributed by atoms with Crippen LogP contribution in [0.4, 0.5) is 4.79 Å². The zero-order valence-electron chi connectivity index (χ0n) is 8.00. The number of ether oxygens (including phenoxy) is 1. The molecule has 8 heteroatoms. The lowest BCUT2D eigenvalue weighted by Crippen LogP contribution is -2.48. The average Bonchev–Trinajstić information content (AvgIpc) is 2.47. The van der Waals surface area contributed by atoms with Crippen LogP contribution in [-0.2, 0) is 14.3 Å². The predicted molar refractivity (Wildman–Crippen MR) is 53.0 cm³/mol. The van der Waals surface area contributed by atoms with Crippen molar-refractivity contribution in [3.8, 4) is 0 Å². The molecule has 0 bridgehead atoms. The van der Waals surface area contributed by atoms with E-state index < -0.39 is 12.1 Å². The molecule has 0 spiro atoms. The van der Waals surface area contributed by atoms with Gasteiger partial charge in [0.1, 0.15) is 12.3 Å². The van der Waals surface area contributed by atoms with E-state index in [1.807, 2.05) is 0 Å². The first-order valence-corrected chi connectivity index (χ1v) is 5.26. The fourth-order valence-electron chi connectivity index (χ4n) is 1.57. The van der Waals surface area contributed by atoms with Crippen molar-refractivity contribution in [3.63, 3.8) is 0 Å². The molecule has 1 fully saturated rings. The van der Waals surface area contributed by atoms with Gasteiger partial charge in [-0.05, 0) is 0 Å². The number of carbonyl (C=O) groups is 3.